The molecular formula is C21H22FN3O5. The molecule has 0 aliphatic carbocycles. The van der Waals surface area contributed by atoms with Crippen molar-refractivity contribution in [2.24, 2.45) is 0 Å². The Morgan fingerprint density at radius 2 is 1.77 bits per heavy atom. The first-order valence-corrected chi connectivity index (χ1v) is 8.76. The molecule has 0 aliphatic heterocycles. The number of carbonyl (C=O) groups is 1. The normalized spacial score (nSPS) is 11.1. The van der Waals surface area contributed by atoms with Gasteiger partial charge in [-0.1, -0.05) is 12.1 Å². The summed E-state index contributed by atoms with van der Waals surface area (Å²) in [6.07, 6.45) is 1.04. The van der Waals surface area contributed by atoms with Crippen LogP contribution in [0.5, 0.6) is 5.75 Å². The van der Waals surface area contributed by atoms with Crippen molar-refractivity contribution in [2.75, 3.05) is 33.2 Å². The average Bonchev–Trinajstić information content (AvgIpc) is 2.74. The van der Waals surface area contributed by atoms with E-state index in [1.165, 1.54) is 44.6 Å². The molecule has 0 saturated carbocycles. The quantitative estimate of drug-likeness (QED) is 0.163. The van der Waals surface area contributed by atoms with Gasteiger partial charge < -0.3 is 30.5 Å². The standard InChI is InChI=1S/C21H22FN3O5/c1-28-7-8-30-19-11-17(24)14(9-15(19)22)20(25)18(26)10-16(23)12-3-5-13(6-4-12)21(27)29-2/h3-6,9-11,23,25-26H,7-8,24H2,1-2H3/b18-10-,23-16?,25-20?. The highest BCUT2D eigenvalue weighted by molar-refractivity contribution is 6.17. The van der Waals surface area contributed by atoms with E-state index in [1.54, 1.807) is 0 Å². The second kappa shape index (κ2) is 10.2. The third-order valence-corrected chi connectivity index (χ3v) is 4.07. The van der Waals surface area contributed by atoms with Crippen LogP contribution < -0.4 is 10.5 Å². The summed E-state index contributed by atoms with van der Waals surface area (Å²) in [4.78, 5) is 11.5. The highest BCUT2D eigenvalue weighted by Crippen LogP contribution is 2.26. The van der Waals surface area contributed by atoms with Gasteiger partial charge in [-0.2, -0.15) is 0 Å². The van der Waals surface area contributed by atoms with Crippen LogP contribution in [0, 0.1) is 16.6 Å². The molecule has 2 rings (SSSR count). The van der Waals surface area contributed by atoms with E-state index in [2.05, 4.69) is 4.74 Å². The minimum atomic E-state index is -0.749. The summed E-state index contributed by atoms with van der Waals surface area (Å²) < 4.78 is 28.9. The van der Waals surface area contributed by atoms with Gasteiger partial charge in [-0.05, 0) is 23.8 Å². The summed E-state index contributed by atoms with van der Waals surface area (Å²) in [5.74, 6) is -1.93. The third-order valence-electron chi connectivity index (χ3n) is 4.07. The Kier molecular flexibility index (Phi) is 7.65. The number of benzene rings is 2. The lowest BCUT2D eigenvalue weighted by Gasteiger charge is -2.12. The van der Waals surface area contributed by atoms with Gasteiger partial charge in [0.05, 0.1) is 25.0 Å². The highest BCUT2D eigenvalue weighted by atomic mass is 19.1. The molecule has 0 heterocycles. The molecule has 0 radical (unpaired) electrons. The summed E-state index contributed by atoms with van der Waals surface area (Å²) in [7, 11) is 2.75. The number of nitrogens with one attached hydrogen (secondary N) is 2. The zero-order valence-electron chi connectivity index (χ0n) is 16.5. The Labute approximate surface area is 172 Å². The van der Waals surface area contributed by atoms with Crippen molar-refractivity contribution < 1.29 is 28.5 Å². The van der Waals surface area contributed by atoms with Gasteiger partial charge >= 0.3 is 5.97 Å². The van der Waals surface area contributed by atoms with Crippen molar-refractivity contribution in [3.05, 3.63) is 70.7 Å². The Morgan fingerprint density at radius 3 is 2.37 bits per heavy atom. The number of nitrogens with two attached hydrogens (primary N) is 1. The van der Waals surface area contributed by atoms with Crippen molar-refractivity contribution in [3.63, 3.8) is 0 Å². The van der Waals surface area contributed by atoms with Crippen LogP contribution in [0.15, 0.2) is 48.2 Å². The molecule has 0 aliphatic rings. The fraction of sp³-hybridized carbons (Fsp3) is 0.190. The van der Waals surface area contributed by atoms with Gasteiger partial charge in [0.25, 0.3) is 0 Å². The lowest BCUT2D eigenvalue weighted by molar-refractivity contribution is 0.0600. The molecule has 5 N–H and O–H groups in total. The number of rotatable bonds is 9. The van der Waals surface area contributed by atoms with Crippen LogP contribution >= 0.6 is 0 Å². The van der Waals surface area contributed by atoms with Crippen LogP contribution in [-0.4, -0.2) is 49.9 Å². The van der Waals surface area contributed by atoms with Crippen LogP contribution in [0.2, 0.25) is 0 Å². The molecule has 30 heavy (non-hydrogen) atoms. The van der Waals surface area contributed by atoms with Crippen molar-refractivity contribution in [1.82, 2.24) is 0 Å². The SMILES string of the molecule is COCCOc1cc(N)c(C(=N)/C(O)=C/C(=N)c2ccc(C(=O)OC)cc2)cc1F. The van der Waals surface area contributed by atoms with Crippen molar-refractivity contribution in [1.29, 1.82) is 10.8 Å². The van der Waals surface area contributed by atoms with Crippen LogP contribution in [0.4, 0.5) is 10.1 Å². The molecule has 158 valence electrons. The topological polar surface area (TPSA) is 139 Å². The number of allylic oxidation sites excluding steroid dienone is 2. The van der Waals surface area contributed by atoms with Gasteiger partial charge in [0, 0.05) is 30.5 Å². The first kappa shape index (κ1) is 22.6. The van der Waals surface area contributed by atoms with Crippen molar-refractivity contribution in [3.8, 4) is 5.75 Å². The molecule has 0 atom stereocenters. The molecule has 0 unspecified atom stereocenters. The van der Waals surface area contributed by atoms with Crippen molar-refractivity contribution in [2.45, 2.75) is 0 Å². The molecule has 0 saturated heterocycles. The Bertz CT molecular complexity index is 987. The Balaban J connectivity index is 2.19. The number of ether oxygens (including phenoxy) is 3. The predicted molar refractivity (Wildman–Crippen MR) is 110 cm³/mol. The van der Waals surface area contributed by atoms with E-state index in [4.69, 9.17) is 26.0 Å². The molecule has 2 aromatic rings. The molecule has 0 bridgehead atoms. The second-order valence-corrected chi connectivity index (χ2v) is 6.10. The fourth-order valence-corrected chi connectivity index (χ4v) is 2.47. The predicted octanol–water partition coefficient (Wildman–Crippen LogP) is 3.10. The summed E-state index contributed by atoms with van der Waals surface area (Å²) in [5.41, 5.74) is 5.99. The Morgan fingerprint density at radius 1 is 1.13 bits per heavy atom. The van der Waals surface area contributed by atoms with Gasteiger partial charge in [0.1, 0.15) is 18.1 Å². The molecule has 0 fully saturated rings. The molecule has 2 aromatic carbocycles. The highest BCUT2D eigenvalue weighted by Gasteiger charge is 2.16. The maximum Gasteiger partial charge on any atom is 0.337 e. The van der Waals surface area contributed by atoms with Gasteiger partial charge in [0.2, 0.25) is 0 Å². The number of carbonyl (C=O) groups excluding carboxylic acids is 1. The van der Waals surface area contributed by atoms with Crippen molar-refractivity contribution >= 4 is 23.1 Å². The minimum absolute atomic E-state index is 0.0303. The van der Waals surface area contributed by atoms with E-state index in [0.29, 0.717) is 11.1 Å². The molecule has 0 amide bonds. The number of hydrogen-bond acceptors (Lipinski definition) is 8. The molecule has 0 aromatic heterocycles. The monoisotopic (exact) mass is 415 g/mol. The fourth-order valence-electron chi connectivity index (χ4n) is 2.47. The molecule has 0 spiro atoms. The van der Waals surface area contributed by atoms with Crippen LogP contribution in [0.25, 0.3) is 0 Å². The zero-order valence-corrected chi connectivity index (χ0v) is 16.5. The number of nitrogen functional groups attached to an aromatic ring is 1. The average molecular weight is 415 g/mol. The van der Waals surface area contributed by atoms with E-state index in [-0.39, 0.29) is 35.9 Å². The summed E-state index contributed by atoms with van der Waals surface area (Å²) in [6, 6.07) is 8.16. The summed E-state index contributed by atoms with van der Waals surface area (Å²) in [5, 5.41) is 26.4. The molecule has 8 nitrogen and oxygen atoms in total. The zero-order chi connectivity index (χ0) is 22.3. The maximum atomic E-state index is 14.2. The van der Waals surface area contributed by atoms with Gasteiger partial charge in [-0.15, -0.1) is 0 Å². The van der Waals surface area contributed by atoms with E-state index < -0.39 is 23.3 Å². The lowest BCUT2D eigenvalue weighted by atomic mass is 10.0. The van der Waals surface area contributed by atoms with Crippen LogP contribution in [0.3, 0.4) is 0 Å². The van der Waals surface area contributed by atoms with E-state index in [1.807, 2.05) is 0 Å². The number of aliphatic hydroxyl groups is 1. The third kappa shape index (κ3) is 5.42. The number of halogens is 1. The number of methoxy groups -OCH3 is 2. The first-order valence-electron chi connectivity index (χ1n) is 8.76. The minimum Gasteiger partial charge on any atom is -0.506 e. The van der Waals surface area contributed by atoms with E-state index >= 15 is 0 Å². The smallest absolute Gasteiger partial charge is 0.337 e. The Hall–Kier alpha value is -3.72. The first-order chi connectivity index (χ1) is 14.3. The van der Waals surface area contributed by atoms with Gasteiger partial charge in [-0.25, -0.2) is 9.18 Å². The summed E-state index contributed by atoms with van der Waals surface area (Å²) >= 11 is 0. The number of anilines is 1. The number of hydrogen-bond donors (Lipinski definition) is 4. The number of aliphatic hydroxyl groups excluding tert-OH is 1. The van der Waals surface area contributed by atoms with E-state index in [9.17, 15) is 14.3 Å². The van der Waals surface area contributed by atoms with Crippen LogP contribution in [0.1, 0.15) is 21.5 Å². The molecular weight excluding hydrogens is 393 g/mol. The largest absolute Gasteiger partial charge is 0.506 e. The summed E-state index contributed by atoms with van der Waals surface area (Å²) in [6.45, 7) is 0.393. The number of esters is 1. The van der Waals surface area contributed by atoms with Crippen LogP contribution in [-0.2, 0) is 9.47 Å². The lowest BCUT2D eigenvalue weighted by Crippen LogP contribution is -2.11. The second-order valence-electron chi connectivity index (χ2n) is 6.10. The van der Waals surface area contributed by atoms with Gasteiger partial charge in [-0.3, -0.25) is 5.41 Å². The van der Waals surface area contributed by atoms with Gasteiger partial charge in [0.15, 0.2) is 11.6 Å². The van der Waals surface area contributed by atoms with E-state index in [0.717, 1.165) is 12.1 Å². The molecule has 9 heteroatoms. The maximum absolute atomic E-state index is 14.2.